The summed E-state index contributed by atoms with van der Waals surface area (Å²) >= 11 is 0. The van der Waals surface area contributed by atoms with E-state index in [4.69, 9.17) is 14.9 Å². The van der Waals surface area contributed by atoms with Gasteiger partial charge in [-0.25, -0.2) is 0 Å². The van der Waals surface area contributed by atoms with Gasteiger partial charge in [0.1, 0.15) is 6.10 Å². The number of esters is 1. The summed E-state index contributed by atoms with van der Waals surface area (Å²) in [5.41, 5.74) is 0. The number of aliphatic hydroxyl groups is 2. The van der Waals surface area contributed by atoms with Crippen molar-refractivity contribution in [2.75, 3.05) is 13.2 Å². The van der Waals surface area contributed by atoms with Gasteiger partial charge < -0.3 is 14.9 Å². The number of allylic oxidation sites excluding steroid dienone is 8. The van der Waals surface area contributed by atoms with Gasteiger partial charge in [-0.1, -0.05) is 55.5 Å². The average molecular weight is 379 g/mol. The van der Waals surface area contributed by atoms with Gasteiger partial charge in [0.05, 0.1) is 13.2 Å². The van der Waals surface area contributed by atoms with E-state index in [1.807, 2.05) is 0 Å². The van der Waals surface area contributed by atoms with Gasteiger partial charge in [0.2, 0.25) is 0 Å². The minimum Gasteiger partial charge on any atom is -0.457 e. The Morgan fingerprint density at radius 2 is 1.26 bits per heavy atom. The normalized spacial score (nSPS) is 12.4. The van der Waals surface area contributed by atoms with Crippen molar-refractivity contribution in [3.8, 4) is 0 Å². The largest absolute Gasteiger partial charge is 0.457 e. The Bertz CT molecular complexity index is 445. The summed E-state index contributed by atoms with van der Waals surface area (Å²) in [5, 5.41) is 17.7. The Balaban J connectivity index is 3.46. The molecule has 0 atom stereocenters. The first-order valence-electron chi connectivity index (χ1n) is 10.3. The van der Waals surface area contributed by atoms with Crippen LogP contribution in [0.4, 0.5) is 0 Å². The maximum atomic E-state index is 11.4. The number of ether oxygens (including phenoxy) is 1. The lowest BCUT2D eigenvalue weighted by Gasteiger charge is -2.11. The molecule has 0 aliphatic rings. The second kappa shape index (κ2) is 20.7. The van der Waals surface area contributed by atoms with E-state index in [1.54, 1.807) is 0 Å². The van der Waals surface area contributed by atoms with Crippen LogP contribution < -0.4 is 0 Å². The predicted molar refractivity (Wildman–Crippen MR) is 112 cm³/mol. The van der Waals surface area contributed by atoms with Gasteiger partial charge in [0.25, 0.3) is 0 Å². The highest BCUT2D eigenvalue weighted by atomic mass is 16.6. The third-order valence-electron chi connectivity index (χ3n) is 3.90. The molecule has 0 rings (SSSR count). The van der Waals surface area contributed by atoms with Crippen molar-refractivity contribution in [2.45, 2.75) is 77.2 Å². The van der Waals surface area contributed by atoms with Gasteiger partial charge >= 0.3 is 5.97 Å². The smallest absolute Gasteiger partial charge is 0.306 e. The summed E-state index contributed by atoms with van der Waals surface area (Å²) < 4.78 is 4.90. The highest BCUT2D eigenvalue weighted by Crippen LogP contribution is 2.05. The lowest BCUT2D eigenvalue weighted by Crippen LogP contribution is -2.25. The Morgan fingerprint density at radius 3 is 1.81 bits per heavy atom. The number of rotatable bonds is 17. The Hall–Kier alpha value is -1.65. The molecule has 0 heterocycles. The van der Waals surface area contributed by atoms with Crippen molar-refractivity contribution in [1.29, 1.82) is 0 Å². The van der Waals surface area contributed by atoms with Crippen LogP contribution in [0, 0.1) is 0 Å². The molecule has 0 spiro atoms. The van der Waals surface area contributed by atoms with E-state index in [0.29, 0.717) is 6.42 Å². The summed E-state index contributed by atoms with van der Waals surface area (Å²) in [6, 6.07) is 0. The van der Waals surface area contributed by atoms with Gasteiger partial charge in [0.15, 0.2) is 0 Å². The van der Waals surface area contributed by atoms with E-state index >= 15 is 0 Å². The molecule has 154 valence electrons. The van der Waals surface area contributed by atoms with E-state index in [2.05, 4.69) is 55.5 Å². The molecule has 0 unspecified atom stereocenters. The van der Waals surface area contributed by atoms with Crippen LogP contribution in [0.25, 0.3) is 0 Å². The van der Waals surface area contributed by atoms with Crippen molar-refractivity contribution >= 4 is 5.97 Å². The monoisotopic (exact) mass is 378 g/mol. The fourth-order valence-corrected chi connectivity index (χ4v) is 2.33. The van der Waals surface area contributed by atoms with Crippen LogP contribution >= 0.6 is 0 Å². The topological polar surface area (TPSA) is 66.8 Å². The predicted octanol–water partition coefficient (Wildman–Crippen LogP) is 5.03. The SMILES string of the molecule is CC/C=C\C/C=C\C/C=C\CCCC/C=C\CCCC(=O)OC(CO)CO. The van der Waals surface area contributed by atoms with E-state index in [0.717, 1.165) is 44.9 Å². The van der Waals surface area contributed by atoms with Crippen molar-refractivity contribution < 1.29 is 19.7 Å². The summed E-state index contributed by atoms with van der Waals surface area (Å²) in [7, 11) is 0. The number of carbonyl (C=O) groups excluding carboxylic acids is 1. The molecular weight excluding hydrogens is 340 g/mol. The fraction of sp³-hybridized carbons (Fsp3) is 0.609. The van der Waals surface area contributed by atoms with Gasteiger partial charge in [-0.3, -0.25) is 4.79 Å². The first kappa shape index (κ1) is 25.4. The molecule has 0 aromatic heterocycles. The molecule has 0 amide bonds. The lowest BCUT2D eigenvalue weighted by molar-refractivity contribution is -0.153. The second-order valence-electron chi connectivity index (χ2n) is 6.42. The molecule has 0 saturated carbocycles. The minimum atomic E-state index is -0.791. The molecule has 27 heavy (non-hydrogen) atoms. The molecule has 0 aliphatic heterocycles. The molecule has 0 fully saturated rings. The van der Waals surface area contributed by atoms with Crippen LogP contribution in [-0.2, 0) is 9.53 Å². The molecule has 0 aliphatic carbocycles. The van der Waals surface area contributed by atoms with E-state index in [9.17, 15) is 4.79 Å². The van der Waals surface area contributed by atoms with Gasteiger partial charge in [0, 0.05) is 6.42 Å². The average Bonchev–Trinajstić information content (AvgIpc) is 2.68. The molecule has 0 saturated heterocycles. The van der Waals surface area contributed by atoms with Crippen molar-refractivity contribution in [3.63, 3.8) is 0 Å². The Morgan fingerprint density at radius 1 is 0.778 bits per heavy atom. The van der Waals surface area contributed by atoms with Crippen molar-refractivity contribution in [2.24, 2.45) is 0 Å². The number of unbranched alkanes of at least 4 members (excludes halogenated alkanes) is 4. The highest BCUT2D eigenvalue weighted by Gasteiger charge is 2.11. The summed E-state index contributed by atoms with van der Waals surface area (Å²) in [5.74, 6) is -0.365. The molecule has 4 heteroatoms. The standard InChI is InChI=1S/C23H38O4/c1-2-3-4-5-6-7-8-9-10-11-12-13-14-15-16-17-18-19-23(26)27-22(20-24)21-25/h3-4,6-7,9-10,15-16,22,24-25H,2,5,8,11-14,17-21H2,1H3/b4-3-,7-6-,10-9-,16-15-. The maximum absolute atomic E-state index is 11.4. The molecule has 0 bridgehead atoms. The van der Waals surface area contributed by atoms with E-state index in [1.165, 1.54) is 12.8 Å². The quantitative estimate of drug-likeness (QED) is 0.212. The van der Waals surface area contributed by atoms with Gasteiger partial charge in [-0.2, -0.15) is 0 Å². The minimum absolute atomic E-state index is 0.314. The van der Waals surface area contributed by atoms with Crippen molar-refractivity contribution in [3.05, 3.63) is 48.6 Å². The van der Waals surface area contributed by atoms with Gasteiger partial charge in [-0.15, -0.1) is 0 Å². The lowest BCUT2D eigenvalue weighted by atomic mass is 10.1. The zero-order chi connectivity index (χ0) is 20.0. The summed E-state index contributed by atoms with van der Waals surface area (Å²) in [4.78, 5) is 11.4. The number of aliphatic hydroxyl groups excluding tert-OH is 2. The summed E-state index contributed by atoms with van der Waals surface area (Å²) in [6.07, 6.45) is 26.4. The number of carbonyl (C=O) groups is 1. The molecular formula is C23H38O4. The zero-order valence-corrected chi connectivity index (χ0v) is 16.9. The third kappa shape index (κ3) is 18.9. The Labute approximate surface area is 165 Å². The highest BCUT2D eigenvalue weighted by molar-refractivity contribution is 5.69. The molecule has 0 aromatic rings. The van der Waals surface area contributed by atoms with Crippen LogP contribution in [0.1, 0.15) is 71.1 Å². The first-order valence-corrected chi connectivity index (χ1v) is 10.3. The maximum Gasteiger partial charge on any atom is 0.306 e. The van der Waals surface area contributed by atoms with E-state index in [-0.39, 0.29) is 19.2 Å². The van der Waals surface area contributed by atoms with Crippen LogP contribution in [0.3, 0.4) is 0 Å². The zero-order valence-electron chi connectivity index (χ0n) is 16.9. The molecule has 4 nitrogen and oxygen atoms in total. The van der Waals surface area contributed by atoms with Crippen LogP contribution in [-0.4, -0.2) is 35.5 Å². The van der Waals surface area contributed by atoms with Crippen LogP contribution in [0.15, 0.2) is 48.6 Å². The van der Waals surface area contributed by atoms with Crippen LogP contribution in [0.2, 0.25) is 0 Å². The second-order valence-corrected chi connectivity index (χ2v) is 6.42. The molecule has 0 aromatic carbocycles. The first-order chi connectivity index (χ1) is 13.2. The molecule has 2 N–H and O–H groups in total. The summed E-state index contributed by atoms with van der Waals surface area (Å²) in [6.45, 7) is 1.46. The number of hydrogen-bond acceptors (Lipinski definition) is 4. The Kier molecular flexibility index (Phi) is 19.4. The molecule has 0 radical (unpaired) electrons. The van der Waals surface area contributed by atoms with Gasteiger partial charge in [-0.05, 0) is 57.8 Å². The third-order valence-corrected chi connectivity index (χ3v) is 3.90. The van der Waals surface area contributed by atoms with Crippen LogP contribution in [0.5, 0.6) is 0 Å². The fourth-order valence-electron chi connectivity index (χ4n) is 2.33. The van der Waals surface area contributed by atoms with Crippen molar-refractivity contribution in [1.82, 2.24) is 0 Å². The number of hydrogen-bond donors (Lipinski definition) is 2. The van der Waals surface area contributed by atoms with E-state index < -0.39 is 6.10 Å².